The van der Waals surface area contributed by atoms with Crippen molar-refractivity contribution in [2.45, 2.75) is 18.2 Å². The Labute approximate surface area is 153 Å². The van der Waals surface area contributed by atoms with E-state index in [9.17, 15) is 13.2 Å². The number of sulfone groups is 1. The van der Waals surface area contributed by atoms with Gasteiger partial charge >= 0.3 is 0 Å². The molecule has 0 saturated carbocycles. The zero-order valence-corrected chi connectivity index (χ0v) is 15.5. The molecule has 0 aliphatic heterocycles. The first-order valence-corrected chi connectivity index (χ1v) is 10.0. The van der Waals surface area contributed by atoms with E-state index in [0.717, 1.165) is 23.1 Å². The number of carbonyl (C=O) groups excluding carboxylic acids is 1. The van der Waals surface area contributed by atoms with E-state index in [4.69, 9.17) is 0 Å². The van der Waals surface area contributed by atoms with E-state index in [1.54, 1.807) is 12.1 Å². The monoisotopic (exact) mass is 368 g/mol. The third-order valence-electron chi connectivity index (χ3n) is 4.11. The van der Waals surface area contributed by atoms with Gasteiger partial charge in [0.25, 0.3) is 0 Å². The number of nitrogens with one attached hydrogen (secondary N) is 1. The standard InChI is InChI=1S/C20H20N2O3S/c1-15-5-10-18(26(2,24)25)14-19(15)21-20(23)13-16-6-8-17(9-7-16)22-11-3-4-12-22/h3-12,14H,13H2,1-2H3,(H,21,23). The Kier molecular flexibility index (Phi) is 4.95. The molecule has 5 nitrogen and oxygen atoms in total. The molecule has 0 aliphatic rings. The van der Waals surface area contributed by atoms with Gasteiger partial charge in [-0.05, 0) is 54.4 Å². The van der Waals surface area contributed by atoms with Crippen LogP contribution >= 0.6 is 0 Å². The fraction of sp³-hybridized carbons (Fsp3) is 0.150. The van der Waals surface area contributed by atoms with Crippen LogP contribution < -0.4 is 5.32 Å². The summed E-state index contributed by atoms with van der Waals surface area (Å²) in [6.07, 6.45) is 5.28. The minimum absolute atomic E-state index is 0.188. The number of aryl methyl sites for hydroxylation is 1. The molecule has 1 amide bonds. The van der Waals surface area contributed by atoms with Gasteiger partial charge in [0.05, 0.1) is 11.3 Å². The number of benzene rings is 2. The number of hydrogen-bond acceptors (Lipinski definition) is 3. The van der Waals surface area contributed by atoms with Crippen molar-refractivity contribution in [3.63, 3.8) is 0 Å². The quantitative estimate of drug-likeness (QED) is 0.751. The van der Waals surface area contributed by atoms with Crippen LogP contribution in [0.25, 0.3) is 5.69 Å². The lowest BCUT2D eigenvalue weighted by Gasteiger charge is -2.10. The molecule has 2 aromatic carbocycles. The summed E-state index contributed by atoms with van der Waals surface area (Å²) in [5.41, 5.74) is 3.24. The van der Waals surface area contributed by atoms with E-state index < -0.39 is 9.84 Å². The molecule has 0 atom stereocenters. The molecule has 1 N–H and O–H groups in total. The van der Waals surface area contributed by atoms with Crippen LogP contribution in [0.5, 0.6) is 0 Å². The molecule has 0 bridgehead atoms. The maximum atomic E-state index is 12.3. The zero-order valence-electron chi connectivity index (χ0n) is 14.6. The van der Waals surface area contributed by atoms with Crippen molar-refractivity contribution in [2.24, 2.45) is 0 Å². The highest BCUT2D eigenvalue weighted by atomic mass is 32.2. The molecule has 3 aromatic rings. The van der Waals surface area contributed by atoms with Gasteiger partial charge in [0.2, 0.25) is 5.91 Å². The van der Waals surface area contributed by atoms with Gasteiger partial charge in [-0.2, -0.15) is 0 Å². The molecule has 1 heterocycles. The number of rotatable bonds is 5. The Bertz CT molecular complexity index is 1020. The average Bonchev–Trinajstić information content (AvgIpc) is 3.11. The number of hydrogen-bond donors (Lipinski definition) is 1. The number of anilines is 1. The van der Waals surface area contributed by atoms with E-state index >= 15 is 0 Å². The molecule has 0 unspecified atom stereocenters. The predicted molar refractivity (Wildman–Crippen MR) is 102 cm³/mol. The third kappa shape index (κ3) is 4.21. The molecule has 0 spiro atoms. The van der Waals surface area contributed by atoms with Gasteiger partial charge in [-0.1, -0.05) is 18.2 Å². The second-order valence-corrected chi connectivity index (χ2v) is 8.25. The first kappa shape index (κ1) is 17.9. The Morgan fingerprint density at radius 1 is 1.04 bits per heavy atom. The van der Waals surface area contributed by atoms with Gasteiger partial charge in [-0.25, -0.2) is 8.42 Å². The van der Waals surface area contributed by atoms with Gasteiger partial charge in [0, 0.05) is 30.0 Å². The first-order valence-electron chi connectivity index (χ1n) is 8.16. The number of nitrogens with zero attached hydrogens (tertiary/aromatic N) is 1. The van der Waals surface area contributed by atoms with E-state index in [0.29, 0.717) is 5.69 Å². The lowest BCUT2D eigenvalue weighted by atomic mass is 10.1. The lowest BCUT2D eigenvalue weighted by molar-refractivity contribution is -0.115. The van der Waals surface area contributed by atoms with Crippen LogP contribution in [0.1, 0.15) is 11.1 Å². The topological polar surface area (TPSA) is 68.2 Å². The van der Waals surface area contributed by atoms with Crippen molar-refractivity contribution >= 4 is 21.4 Å². The molecule has 134 valence electrons. The normalized spacial score (nSPS) is 11.3. The molecule has 0 radical (unpaired) electrons. The van der Waals surface area contributed by atoms with E-state index in [1.165, 1.54) is 6.07 Å². The Hall–Kier alpha value is -2.86. The van der Waals surface area contributed by atoms with E-state index in [2.05, 4.69) is 5.32 Å². The number of carbonyl (C=O) groups is 1. The molecular formula is C20H20N2O3S. The molecule has 6 heteroatoms. The van der Waals surface area contributed by atoms with Crippen molar-refractivity contribution in [1.29, 1.82) is 0 Å². The van der Waals surface area contributed by atoms with Gasteiger partial charge in [-0.3, -0.25) is 4.79 Å². The molecule has 26 heavy (non-hydrogen) atoms. The van der Waals surface area contributed by atoms with Gasteiger partial charge in [0.1, 0.15) is 0 Å². The lowest BCUT2D eigenvalue weighted by Crippen LogP contribution is -2.15. The minimum atomic E-state index is -3.32. The summed E-state index contributed by atoms with van der Waals surface area (Å²) in [6, 6.07) is 16.4. The third-order valence-corrected chi connectivity index (χ3v) is 5.23. The van der Waals surface area contributed by atoms with Crippen molar-refractivity contribution in [3.8, 4) is 5.69 Å². The summed E-state index contributed by atoms with van der Waals surface area (Å²) < 4.78 is 25.4. The second-order valence-electron chi connectivity index (χ2n) is 6.23. The first-order chi connectivity index (χ1) is 12.3. The summed E-state index contributed by atoms with van der Waals surface area (Å²) in [6.45, 7) is 1.83. The largest absolute Gasteiger partial charge is 0.326 e. The van der Waals surface area contributed by atoms with Crippen LogP contribution in [0.2, 0.25) is 0 Å². The molecule has 0 aliphatic carbocycles. The molecule has 0 saturated heterocycles. The SMILES string of the molecule is Cc1ccc(S(C)(=O)=O)cc1NC(=O)Cc1ccc(-n2cccc2)cc1. The van der Waals surface area contributed by atoms with Crippen LogP contribution in [0, 0.1) is 6.92 Å². The molecule has 3 rings (SSSR count). The molecule has 0 fully saturated rings. The highest BCUT2D eigenvalue weighted by molar-refractivity contribution is 7.90. The van der Waals surface area contributed by atoms with Crippen molar-refractivity contribution in [2.75, 3.05) is 11.6 Å². The van der Waals surface area contributed by atoms with Crippen LogP contribution in [0.4, 0.5) is 5.69 Å². The minimum Gasteiger partial charge on any atom is -0.326 e. The zero-order chi connectivity index (χ0) is 18.7. The van der Waals surface area contributed by atoms with Gasteiger partial charge in [-0.15, -0.1) is 0 Å². The summed E-state index contributed by atoms with van der Waals surface area (Å²) >= 11 is 0. The Balaban J connectivity index is 1.71. The number of amides is 1. The Morgan fingerprint density at radius 3 is 2.31 bits per heavy atom. The predicted octanol–water partition coefficient (Wildman–Crippen LogP) is 3.37. The average molecular weight is 368 g/mol. The molecular weight excluding hydrogens is 348 g/mol. The highest BCUT2D eigenvalue weighted by Crippen LogP contribution is 2.20. The van der Waals surface area contributed by atoms with Crippen molar-refractivity contribution in [3.05, 3.63) is 78.1 Å². The van der Waals surface area contributed by atoms with Gasteiger partial charge < -0.3 is 9.88 Å². The van der Waals surface area contributed by atoms with Gasteiger partial charge in [0.15, 0.2) is 9.84 Å². The summed E-state index contributed by atoms with van der Waals surface area (Å²) in [4.78, 5) is 12.5. The van der Waals surface area contributed by atoms with E-state index in [1.807, 2.05) is 60.3 Å². The van der Waals surface area contributed by atoms with Crippen LogP contribution in [0.15, 0.2) is 71.9 Å². The van der Waals surface area contributed by atoms with E-state index in [-0.39, 0.29) is 17.2 Å². The van der Waals surface area contributed by atoms with Crippen molar-refractivity contribution in [1.82, 2.24) is 4.57 Å². The summed E-state index contributed by atoms with van der Waals surface area (Å²) in [5.74, 6) is -0.188. The number of aromatic nitrogens is 1. The highest BCUT2D eigenvalue weighted by Gasteiger charge is 2.12. The smallest absolute Gasteiger partial charge is 0.228 e. The maximum absolute atomic E-state index is 12.3. The summed E-state index contributed by atoms with van der Waals surface area (Å²) in [5, 5.41) is 2.80. The van der Waals surface area contributed by atoms with Crippen LogP contribution in [0.3, 0.4) is 0 Å². The maximum Gasteiger partial charge on any atom is 0.228 e. The Morgan fingerprint density at radius 2 is 1.69 bits per heavy atom. The van der Waals surface area contributed by atoms with Crippen LogP contribution in [-0.2, 0) is 21.1 Å². The summed E-state index contributed by atoms with van der Waals surface area (Å²) in [7, 11) is -3.32. The molecule has 1 aromatic heterocycles. The van der Waals surface area contributed by atoms with Crippen LogP contribution in [-0.4, -0.2) is 25.1 Å². The fourth-order valence-electron chi connectivity index (χ4n) is 2.64. The second kappa shape index (κ2) is 7.17. The van der Waals surface area contributed by atoms with Crippen molar-refractivity contribution < 1.29 is 13.2 Å². The fourth-order valence-corrected chi connectivity index (χ4v) is 3.29.